The summed E-state index contributed by atoms with van der Waals surface area (Å²) in [6.07, 6.45) is 2.20. The maximum absolute atomic E-state index is 13.2. The summed E-state index contributed by atoms with van der Waals surface area (Å²) in [4.78, 5) is 36.2. The molecule has 1 aromatic heterocycles. The van der Waals surface area contributed by atoms with Crippen LogP contribution in [0.3, 0.4) is 0 Å². The molecule has 2 amide bonds. The number of nitrogens with zero attached hydrogens (tertiary/aromatic N) is 2. The van der Waals surface area contributed by atoms with Crippen molar-refractivity contribution in [3.63, 3.8) is 0 Å². The number of aliphatic imine (C=N–C) groups is 1. The van der Waals surface area contributed by atoms with Crippen LogP contribution in [0.4, 0.5) is 15.3 Å². The molecule has 3 aromatic rings. The molecule has 260 valence electrons. The zero-order chi connectivity index (χ0) is 34.7. The van der Waals surface area contributed by atoms with Gasteiger partial charge in [-0.05, 0) is 115 Å². The van der Waals surface area contributed by atoms with Gasteiger partial charge >= 0.3 is 12.2 Å². The smallest absolute Gasteiger partial charge is 0.414 e. The predicted molar refractivity (Wildman–Crippen MR) is 182 cm³/mol. The highest BCUT2D eigenvalue weighted by Crippen LogP contribution is 2.69. The van der Waals surface area contributed by atoms with Crippen molar-refractivity contribution in [1.82, 2.24) is 20.5 Å². The van der Waals surface area contributed by atoms with E-state index in [1.54, 1.807) is 53.7 Å². The van der Waals surface area contributed by atoms with Gasteiger partial charge in [0.05, 0.1) is 22.4 Å². The van der Waals surface area contributed by atoms with Gasteiger partial charge < -0.3 is 29.4 Å². The number of hydrogen-bond acceptors (Lipinski definition) is 9. The second kappa shape index (κ2) is 10.6. The zero-order valence-electron chi connectivity index (χ0n) is 28.9. The summed E-state index contributed by atoms with van der Waals surface area (Å²) >= 11 is 0. The number of alkyl carbamates (subject to hydrolysis) is 2. The number of H-pyrrole nitrogens is 1. The lowest BCUT2D eigenvalue weighted by Crippen LogP contribution is -2.74. The van der Waals surface area contributed by atoms with E-state index in [4.69, 9.17) is 14.2 Å². The topological polar surface area (TPSA) is 158 Å². The van der Waals surface area contributed by atoms with Crippen LogP contribution in [0, 0.1) is 5.92 Å². The van der Waals surface area contributed by atoms with Gasteiger partial charge in [0.2, 0.25) is 5.96 Å². The Morgan fingerprint density at radius 2 is 1.76 bits per heavy atom. The largest absolute Gasteiger partial charge is 0.504 e. The number of carbonyl (C=O) groups is 2. The van der Waals surface area contributed by atoms with Crippen molar-refractivity contribution < 1.29 is 34.0 Å². The molecule has 3 heterocycles. The van der Waals surface area contributed by atoms with E-state index in [0.29, 0.717) is 30.2 Å². The standard InChI is InChI=1S/C37H45N5O7/c1-34(2,3)48-32(44)40-31(41-33(45)49-35(4,5)6)38-21-10-11-24-22(16-21)23-17-37(46)26-15-20-9-12-25(43)29-27(20)36(37,30(47-29)28(23)39-24)13-14-42(26)18-19-7-8-19/h9-12,16,19,26,30,39,43,46H,7-8,13-15,17-18H2,1-6H3,(H2,38,40,41,44,45)/t26-,30+,36+,37-/m1/s1. The Labute approximate surface area is 285 Å². The van der Waals surface area contributed by atoms with Gasteiger partial charge in [0.1, 0.15) is 11.2 Å². The van der Waals surface area contributed by atoms with Crippen LogP contribution in [-0.4, -0.2) is 74.2 Å². The number of carbonyl (C=O) groups excluding carboxylic acids is 2. The summed E-state index contributed by atoms with van der Waals surface area (Å²) in [6, 6.07) is 9.18. The van der Waals surface area contributed by atoms with Gasteiger partial charge in [-0.1, -0.05) is 6.07 Å². The number of fused-ring (bicyclic) bond motifs is 4. The van der Waals surface area contributed by atoms with Crippen molar-refractivity contribution in [3.05, 3.63) is 52.7 Å². The lowest BCUT2D eigenvalue weighted by molar-refractivity contribution is -0.173. The Morgan fingerprint density at radius 1 is 1.06 bits per heavy atom. The van der Waals surface area contributed by atoms with Gasteiger partial charge in [0.15, 0.2) is 17.6 Å². The molecule has 12 nitrogen and oxygen atoms in total. The molecule has 3 aliphatic carbocycles. The molecular weight excluding hydrogens is 626 g/mol. The molecule has 2 aromatic carbocycles. The molecular formula is C37H45N5O7. The highest BCUT2D eigenvalue weighted by Gasteiger charge is 2.72. The number of aliphatic hydroxyl groups is 1. The second-order valence-electron chi connectivity index (χ2n) is 16.4. The first kappa shape index (κ1) is 31.9. The Kier molecular flexibility index (Phi) is 6.91. The van der Waals surface area contributed by atoms with Gasteiger partial charge in [-0.25, -0.2) is 14.6 Å². The molecule has 1 spiro atoms. The molecule has 8 rings (SSSR count). The quantitative estimate of drug-likeness (QED) is 0.178. The molecule has 2 fully saturated rings. The maximum atomic E-state index is 13.2. The number of guanidine groups is 1. The first-order valence-corrected chi connectivity index (χ1v) is 17.3. The molecule has 5 aliphatic rings. The minimum absolute atomic E-state index is 0.0977. The van der Waals surface area contributed by atoms with Crippen LogP contribution in [0.1, 0.15) is 89.3 Å². The number of likely N-dealkylation sites (tertiary alicyclic amines) is 1. The first-order valence-electron chi connectivity index (χ1n) is 17.3. The maximum Gasteiger partial charge on any atom is 0.414 e. The number of hydrogen-bond donors (Lipinski definition) is 5. The fourth-order valence-corrected chi connectivity index (χ4v) is 8.70. The third kappa shape index (κ3) is 5.22. The van der Waals surface area contributed by atoms with Crippen LogP contribution in [-0.2, 0) is 27.7 Å². The molecule has 4 atom stereocenters. The van der Waals surface area contributed by atoms with Crippen molar-refractivity contribution in [3.8, 4) is 11.5 Å². The number of phenolic OH excluding ortho intramolecular Hbond substituents is 1. The Bertz CT molecular complexity index is 1890. The van der Waals surface area contributed by atoms with E-state index in [1.165, 1.54) is 12.8 Å². The summed E-state index contributed by atoms with van der Waals surface area (Å²) in [5, 5.41) is 30.1. The highest BCUT2D eigenvalue weighted by molar-refractivity contribution is 6.03. The van der Waals surface area contributed by atoms with Crippen LogP contribution < -0.4 is 15.4 Å². The summed E-state index contributed by atoms with van der Waals surface area (Å²) < 4.78 is 17.5. The van der Waals surface area contributed by atoms with Crippen molar-refractivity contribution in [2.45, 2.75) is 108 Å². The average molecular weight is 672 g/mol. The molecule has 1 saturated carbocycles. The lowest BCUT2D eigenvalue weighted by atomic mass is 9.49. The SMILES string of the molecule is CC(C)(C)OC(=O)NC(=Nc1ccc2[nH]c3c(c2c1)C[C@@]1(O)[C@H]2Cc4ccc(O)c5c4[C@@]1(CCN2CC1CC1)[C@H]3O5)NC(=O)OC(C)(C)C. The van der Waals surface area contributed by atoms with Crippen LogP contribution in [0.5, 0.6) is 11.5 Å². The molecule has 2 aliphatic heterocycles. The summed E-state index contributed by atoms with van der Waals surface area (Å²) in [5.41, 5.74) is 1.85. The number of nitrogens with one attached hydrogen (secondary N) is 3. The van der Waals surface area contributed by atoms with E-state index < -0.39 is 40.5 Å². The number of amides is 2. The summed E-state index contributed by atoms with van der Waals surface area (Å²) in [7, 11) is 0. The molecule has 5 N–H and O–H groups in total. The van der Waals surface area contributed by atoms with Crippen molar-refractivity contribution in [1.29, 1.82) is 0 Å². The van der Waals surface area contributed by atoms with Gasteiger partial charge in [0, 0.05) is 35.5 Å². The lowest BCUT2D eigenvalue weighted by Gasteiger charge is -2.62. The second-order valence-corrected chi connectivity index (χ2v) is 16.4. The van der Waals surface area contributed by atoms with Crippen LogP contribution in [0.15, 0.2) is 35.3 Å². The highest BCUT2D eigenvalue weighted by atomic mass is 16.6. The summed E-state index contributed by atoms with van der Waals surface area (Å²) in [5.74, 6) is 1.11. The average Bonchev–Trinajstić information content (AvgIpc) is 3.62. The Balaban J connectivity index is 1.21. The van der Waals surface area contributed by atoms with Crippen LogP contribution >= 0.6 is 0 Å². The van der Waals surface area contributed by atoms with Crippen LogP contribution in [0.2, 0.25) is 0 Å². The van der Waals surface area contributed by atoms with Crippen molar-refractivity contribution in [2.24, 2.45) is 10.9 Å². The van der Waals surface area contributed by atoms with E-state index in [9.17, 15) is 19.8 Å². The van der Waals surface area contributed by atoms with Gasteiger partial charge in [-0.3, -0.25) is 15.5 Å². The molecule has 49 heavy (non-hydrogen) atoms. The minimum atomic E-state index is -1.14. The monoisotopic (exact) mass is 671 g/mol. The number of aromatic amines is 1. The predicted octanol–water partition coefficient (Wildman–Crippen LogP) is 5.61. The minimum Gasteiger partial charge on any atom is -0.504 e. The number of aromatic nitrogens is 1. The number of rotatable bonds is 3. The zero-order valence-corrected chi connectivity index (χ0v) is 28.9. The van der Waals surface area contributed by atoms with E-state index in [2.05, 4.69) is 25.5 Å². The normalized spacial score (nSPS) is 26.7. The van der Waals surface area contributed by atoms with Crippen LogP contribution in [0.25, 0.3) is 10.9 Å². The van der Waals surface area contributed by atoms with E-state index in [0.717, 1.165) is 52.8 Å². The van der Waals surface area contributed by atoms with E-state index in [1.807, 2.05) is 18.2 Å². The van der Waals surface area contributed by atoms with E-state index >= 15 is 0 Å². The van der Waals surface area contributed by atoms with E-state index in [-0.39, 0.29) is 17.8 Å². The van der Waals surface area contributed by atoms with Crippen molar-refractivity contribution >= 4 is 34.7 Å². The fraction of sp³-hybridized carbons (Fsp3) is 0.541. The third-order valence-corrected chi connectivity index (χ3v) is 10.6. The molecule has 1 saturated heterocycles. The molecule has 2 bridgehead atoms. The number of piperidine rings is 1. The molecule has 0 radical (unpaired) electrons. The third-order valence-electron chi connectivity index (χ3n) is 10.6. The number of ether oxygens (including phenoxy) is 3. The number of phenols is 1. The molecule has 0 unspecified atom stereocenters. The Hall–Kier alpha value is -4.29. The number of aromatic hydroxyl groups is 1. The fourth-order valence-electron chi connectivity index (χ4n) is 8.70. The molecule has 12 heteroatoms. The van der Waals surface area contributed by atoms with Gasteiger partial charge in [-0.15, -0.1) is 0 Å². The number of benzene rings is 2. The first-order chi connectivity index (χ1) is 23.0. The van der Waals surface area contributed by atoms with Gasteiger partial charge in [0.25, 0.3) is 0 Å². The Morgan fingerprint density at radius 3 is 2.41 bits per heavy atom. The van der Waals surface area contributed by atoms with Gasteiger partial charge in [-0.2, -0.15) is 0 Å². The van der Waals surface area contributed by atoms with Crippen molar-refractivity contribution in [2.75, 3.05) is 13.1 Å². The summed E-state index contributed by atoms with van der Waals surface area (Å²) in [6.45, 7) is 12.3.